The zero-order valence-corrected chi connectivity index (χ0v) is 9.67. The van der Waals surface area contributed by atoms with Crippen molar-refractivity contribution in [2.75, 3.05) is 5.32 Å². The van der Waals surface area contributed by atoms with Gasteiger partial charge in [-0.2, -0.15) is 0 Å². The Labute approximate surface area is 91.4 Å². The lowest BCUT2D eigenvalue weighted by Gasteiger charge is -2.16. The van der Waals surface area contributed by atoms with Gasteiger partial charge in [-0.3, -0.25) is 4.99 Å². The monoisotopic (exact) mass is 203 g/mol. The van der Waals surface area contributed by atoms with E-state index >= 15 is 0 Å². The highest BCUT2D eigenvalue weighted by Gasteiger charge is 2.36. The maximum Gasteiger partial charge on any atom is 0.248 e. The second-order valence-electron chi connectivity index (χ2n) is 4.92. The van der Waals surface area contributed by atoms with Crippen LogP contribution in [0.5, 0.6) is 0 Å². The van der Waals surface area contributed by atoms with Crippen LogP contribution < -0.4 is 10.3 Å². The van der Waals surface area contributed by atoms with Crippen molar-refractivity contribution in [1.82, 2.24) is 0 Å². The number of amidine groups is 1. The van der Waals surface area contributed by atoms with Gasteiger partial charge in [0.1, 0.15) is 11.2 Å². The molecule has 0 bridgehead atoms. The Balaban J connectivity index is 2.10. The predicted octanol–water partition coefficient (Wildman–Crippen LogP) is 1.40. The van der Waals surface area contributed by atoms with Crippen molar-refractivity contribution >= 4 is 11.5 Å². The molecule has 2 rings (SSSR count). The normalized spacial score (nSPS) is 23.7. The molecule has 0 aromatic heterocycles. The van der Waals surface area contributed by atoms with Crippen LogP contribution in [0.3, 0.4) is 0 Å². The number of benzene rings is 1. The predicted molar refractivity (Wildman–Crippen MR) is 63.9 cm³/mol. The van der Waals surface area contributed by atoms with E-state index in [9.17, 15) is 0 Å². The van der Waals surface area contributed by atoms with E-state index in [2.05, 4.69) is 43.2 Å². The Morgan fingerprint density at radius 2 is 1.93 bits per heavy atom. The van der Waals surface area contributed by atoms with Crippen molar-refractivity contribution in [3.8, 4) is 0 Å². The molecule has 15 heavy (non-hydrogen) atoms. The van der Waals surface area contributed by atoms with Gasteiger partial charge in [0.15, 0.2) is 0 Å². The van der Waals surface area contributed by atoms with Crippen LogP contribution in [0, 0.1) is 5.92 Å². The molecule has 0 saturated heterocycles. The van der Waals surface area contributed by atoms with Crippen LogP contribution >= 0.6 is 0 Å². The lowest BCUT2D eigenvalue weighted by atomic mass is 9.90. The number of hydrogen-bond acceptors (Lipinski definition) is 1. The molecular formula is C13H19N2+. The summed E-state index contributed by atoms with van der Waals surface area (Å²) in [6, 6.07) is 10.3. The van der Waals surface area contributed by atoms with Gasteiger partial charge >= 0.3 is 0 Å². The first kappa shape index (κ1) is 10.2. The highest BCUT2D eigenvalue weighted by atomic mass is 15.1. The molecule has 2 N–H and O–H groups in total. The van der Waals surface area contributed by atoms with Gasteiger partial charge in [0, 0.05) is 5.92 Å². The maximum absolute atomic E-state index is 3.53. The lowest BCUT2D eigenvalue weighted by Crippen LogP contribution is -2.84. The Hall–Kier alpha value is -1.31. The third-order valence-electron chi connectivity index (χ3n) is 3.28. The summed E-state index contributed by atoms with van der Waals surface area (Å²) < 4.78 is 0. The van der Waals surface area contributed by atoms with Crippen molar-refractivity contribution in [3.63, 3.8) is 0 Å². The highest BCUT2D eigenvalue weighted by molar-refractivity contribution is 5.92. The fourth-order valence-corrected chi connectivity index (χ4v) is 1.90. The molecule has 2 heteroatoms. The van der Waals surface area contributed by atoms with Gasteiger partial charge in [-0.05, 0) is 26.0 Å². The quantitative estimate of drug-likeness (QED) is 0.709. The summed E-state index contributed by atoms with van der Waals surface area (Å²) in [7, 11) is 0. The maximum atomic E-state index is 3.53. The van der Waals surface area contributed by atoms with Crippen molar-refractivity contribution in [2.45, 2.75) is 32.7 Å². The van der Waals surface area contributed by atoms with Gasteiger partial charge in [-0.25, -0.2) is 5.32 Å². The summed E-state index contributed by atoms with van der Waals surface area (Å²) in [6.45, 7) is 6.78. The first-order valence-electron chi connectivity index (χ1n) is 5.54. The zero-order valence-electron chi connectivity index (χ0n) is 9.67. The summed E-state index contributed by atoms with van der Waals surface area (Å²) in [6.07, 6.45) is 1.10. The Kier molecular flexibility index (Phi) is 2.51. The Bertz CT molecular complexity index is 365. The van der Waals surface area contributed by atoms with Gasteiger partial charge < -0.3 is 0 Å². The number of nitrogens with one attached hydrogen (secondary N) is 2. The van der Waals surface area contributed by atoms with E-state index in [1.54, 1.807) is 0 Å². The van der Waals surface area contributed by atoms with Gasteiger partial charge in [0.25, 0.3) is 0 Å². The van der Waals surface area contributed by atoms with Crippen LogP contribution in [0.4, 0.5) is 5.69 Å². The minimum Gasteiger partial charge on any atom is -0.273 e. The topological polar surface area (TPSA) is 26.0 Å². The molecule has 0 fully saturated rings. The number of para-hydroxylation sites is 1. The molecule has 1 aromatic carbocycles. The summed E-state index contributed by atoms with van der Waals surface area (Å²) in [5.41, 5.74) is 1.36. The molecule has 0 spiro atoms. The smallest absolute Gasteiger partial charge is 0.248 e. The number of anilines is 1. The van der Waals surface area contributed by atoms with Gasteiger partial charge in [0.05, 0.1) is 6.42 Å². The molecule has 0 saturated carbocycles. The molecular weight excluding hydrogens is 184 g/mol. The van der Waals surface area contributed by atoms with E-state index in [4.69, 9.17) is 0 Å². The fourth-order valence-electron chi connectivity index (χ4n) is 1.90. The molecule has 0 aliphatic carbocycles. The second-order valence-corrected chi connectivity index (χ2v) is 4.92. The summed E-state index contributed by atoms with van der Waals surface area (Å²) >= 11 is 0. The van der Waals surface area contributed by atoms with Gasteiger partial charge in [-0.15, -0.1) is 0 Å². The van der Waals surface area contributed by atoms with Crippen LogP contribution in [0.1, 0.15) is 27.2 Å². The van der Waals surface area contributed by atoms with Gasteiger partial charge in [-0.1, -0.05) is 25.1 Å². The molecule has 0 unspecified atom stereocenters. The average molecular weight is 203 g/mol. The van der Waals surface area contributed by atoms with E-state index in [1.807, 2.05) is 18.2 Å². The second kappa shape index (κ2) is 3.69. The SMILES string of the molecule is C[C@H]1CC(Nc2ccccc2)=[NH+]C1(C)C. The third-order valence-corrected chi connectivity index (χ3v) is 3.28. The van der Waals surface area contributed by atoms with Gasteiger partial charge in [0.2, 0.25) is 5.84 Å². The van der Waals surface area contributed by atoms with Crippen LogP contribution in [0.2, 0.25) is 0 Å². The first-order chi connectivity index (χ1) is 7.08. The molecule has 0 radical (unpaired) electrons. The lowest BCUT2D eigenvalue weighted by molar-refractivity contribution is -0.542. The molecule has 1 aliphatic rings. The standard InChI is InChI=1S/C13H18N2/c1-10-9-12(15-13(10,2)3)14-11-7-5-4-6-8-11/h4-8,10H,9H2,1-3H3,(H,14,15)/p+1/t10-/m0/s1. The van der Waals surface area contributed by atoms with E-state index < -0.39 is 0 Å². The molecule has 0 amide bonds. The van der Waals surface area contributed by atoms with Crippen LogP contribution in [0.15, 0.2) is 30.3 Å². The van der Waals surface area contributed by atoms with E-state index in [-0.39, 0.29) is 5.54 Å². The summed E-state index contributed by atoms with van der Waals surface area (Å²) in [5.74, 6) is 1.91. The van der Waals surface area contributed by atoms with Crippen molar-refractivity contribution in [2.24, 2.45) is 5.92 Å². The molecule has 1 heterocycles. The van der Waals surface area contributed by atoms with E-state index in [1.165, 1.54) is 5.84 Å². The van der Waals surface area contributed by atoms with Crippen molar-refractivity contribution in [3.05, 3.63) is 30.3 Å². The largest absolute Gasteiger partial charge is 0.273 e. The van der Waals surface area contributed by atoms with Crippen LogP contribution in [0.25, 0.3) is 0 Å². The van der Waals surface area contributed by atoms with Crippen LogP contribution in [-0.4, -0.2) is 11.4 Å². The molecule has 1 aliphatic heterocycles. The molecule has 1 aromatic rings. The molecule has 2 nitrogen and oxygen atoms in total. The molecule has 1 atom stereocenters. The third kappa shape index (κ3) is 2.20. The van der Waals surface area contributed by atoms with E-state index in [0.29, 0.717) is 5.92 Å². The van der Waals surface area contributed by atoms with E-state index in [0.717, 1.165) is 12.1 Å². The van der Waals surface area contributed by atoms with Crippen LogP contribution in [-0.2, 0) is 0 Å². The average Bonchev–Trinajstić information content (AvgIpc) is 2.42. The fraction of sp³-hybridized carbons (Fsp3) is 0.462. The van der Waals surface area contributed by atoms with Crippen molar-refractivity contribution < 1.29 is 4.99 Å². The highest BCUT2D eigenvalue weighted by Crippen LogP contribution is 2.19. The van der Waals surface area contributed by atoms with Crippen molar-refractivity contribution in [1.29, 1.82) is 0 Å². The summed E-state index contributed by atoms with van der Waals surface area (Å²) in [4.78, 5) is 3.53. The summed E-state index contributed by atoms with van der Waals surface area (Å²) in [5, 5.41) is 3.43. The number of rotatable bonds is 1. The Morgan fingerprint density at radius 3 is 2.47 bits per heavy atom. The number of hydrogen-bond donors (Lipinski definition) is 2. The minimum atomic E-state index is 0.205. The first-order valence-corrected chi connectivity index (χ1v) is 5.54. The zero-order chi connectivity index (χ0) is 10.9. The minimum absolute atomic E-state index is 0.205. The Morgan fingerprint density at radius 1 is 1.27 bits per heavy atom. The molecule has 80 valence electrons.